The van der Waals surface area contributed by atoms with Gasteiger partial charge in [0, 0.05) is 26.2 Å². The van der Waals surface area contributed by atoms with Gasteiger partial charge in [-0.15, -0.1) is 0 Å². The fraction of sp³-hybridized carbons (Fsp3) is 0.382. The van der Waals surface area contributed by atoms with Gasteiger partial charge in [-0.3, -0.25) is 14.5 Å². The minimum Gasteiger partial charge on any atom is -0.467 e. The summed E-state index contributed by atoms with van der Waals surface area (Å²) < 4.78 is 5.00. The zero-order valence-corrected chi connectivity index (χ0v) is 23.9. The molecule has 0 bridgehead atoms. The molecule has 0 saturated carbocycles. The number of rotatable bonds is 8. The lowest BCUT2D eigenvalue weighted by Gasteiger charge is -2.47. The van der Waals surface area contributed by atoms with Gasteiger partial charge in [0.1, 0.15) is 12.1 Å². The standard InChI is InChI=1S/C34H37N3O4/c1-24(2)29(31(39)41-3)36-20-19-33(32(36)40)22-35(23-33)30(38)28-21-37(28)34(25-13-7-4-8-14-25,26-15-9-5-10-16-26)27-17-11-6-12-18-27/h4-18,24,28-29H,19-23H2,1-3H3/t28?,29-,37?/m0/s1. The Balaban J connectivity index is 1.26. The maximum absolute atomic E-state index is 13.9. The highest BCUT2D eigenvalue weighted by Crippen LogP contribution is 2.50. The molecule has 0 aromatic heterocycles. The maximum Gasteiger partial charge on any atom is 0.328 e. The number of hydrogen-bond acceptors (Lipinski definition) is 5. The summed E-state index contributed by atoms with van der Waals surface area (Å²) in [6.07, 6.45) is 0.645. The van der Waals surface area contributed by atoms with Crippen molar-refractivity contribution in [2.45, 2.75) is 37.9 Å². The number of ether oxygens (including phenoxy) is 1. The summed E-state index contributed by atoms with van der Waals surface area (Å²) >= 11 is 0. The SMILES string of the molecule is COC(=O)[C@H](C(C)C)N1CCC2(CN(C(=O)C3CN3C(c3ccccc3)(c3ccccc3)c3ccccc3)C2)C1=O. The Morgan fingerprint density at radius 1 is 0.854 bits per heavy atom. The third-order valence-corrected chi connectivity index (χ3v) is 9.16. The van der Waals surface area contributed by atoms with Crippen molar-refractivity contribution in [1.29, 1.82) is 0 Å². The molecule has 7 nitrogen and oxygen atoms in total. The Hall–Kier alpha value is -3.97. The number of methoxy groups -OCH3 is 1. The molecule has 3 aliphatic rings. The van der Waals surface area contributed by atoms with Crippen LogP contribution in [-0.2, 0) is 24.7 Å². The van der Waals surface area contributed by atoms with Crippen LogP contribution in [0.1, 0.15) is 37.0 Å². The molecule has 3 aromatic carbocycles. The first-order chi connectivity index (χ1) is 19.8. The van der Waals surface area contributed by atoms with Crippen molar-refractivity contribution in [1.82, 2.24) is 14.7 Å². The van der Waals surface area contributed by atoms with Crippen molar-refractivity contribution in [2.75, 3.05) is 33.3 Å². The summed E-state index contributed by atoms with van der Waals surface area (Å²) in [5, 5.41) is 0. The van der Waals surface area contributed by atoms with Crippen molar-refractivity contribution in [3.8, 4) is 0 Å². The van der Waals surface area contributed by atoms with E-state index in [0.29, 0.717) is 32.6 Å². The highest BCUT2D eigenvalue weighted by atomic mass is 16.5. The van der Waals surface area contributed by atoms with Gasteiger partial charge in [-0.2, -0.15) is 0 Å². The average molecular weight is 552 g/mol. The lowest BCUT2D eigenvalue weighted by molar-refractivity contribution is -0.161. The predicted octanol–water partition coefficient (Wildman–Crippen LogP) is 3.92. The molecule has 0 N–H and O–H groups in total. The fourth-order valence-corrected chi connectivity index (χ4v) is 7.09. The van der Waals surface area contributed by atoms with Crippen molar-refractivity contribution in [3.63, 3.8) is 0 Å². The molecule has 3 aromatic rings. The molecule has 212 valence electrons. The van der Waals surface area contributed by atoms with Crippen LogP contribution in [-0.4, -0.2) is 77.9 Å². The summed E-state index contributed by atoms with van der Waals surface area (Å²) in [6, 6.07) is 30.3. The normalized spacial score (nSPS) is 22.0. The van der Waals surface area contributed by atoms with Crippen molar-refractivity contribution in [3.05, 3.63) is 108 Å². The second-order valence-corrected chi connectivity index (χ2v) is 11.9. The molecule has 3 atom stereocenters. The Morgan fingerprint density at radius 2 is 1.34 bits per heavy atom. The summed E-state index contributed by atoms with van der Waals surface area (Å²) in [5.74, 6) is -0.417. The van der Waals surface area contributed by atoms with Gasteiger partial charge in [-0.25, -0.2) is 4.79 Å². The monoisotopic (exact) mass is 551 g/mol. The van der Waals surface area contributed by atoms with Gasteiger partial charge in [0.2, 0.25) is 11.8 Å². The summed E-state index contributed by atoms with van der Waals surface area (Å²) in [4.78, 5) is 45.8. The number of benzene rings is 3. The lowest BCUT2D eigenvalue weighted by atomic mass is 9.76. The largest absolute Gasteiger partial charge is 0.467 e. The molecular weight excluding hydrogens is 514 g/mol. The number of carbonyl (C=O) groups is 3. The predicted molar refractivity (Wildman–Crippen MR) is 156 cm³/mol. The van der Waals surface area contributed by atoms with Gasteiger partial charge in [-0.05, 0) is 29.0 Å². The second kappa shape index (κ2) is 10.5. The van der Waals surface area contributed by atoms with Gasteiger partial charge < -0.3 is 14.5 Å². The Kier molecular flexibility index (Phi) is 6.94. The minimum atomic E-state index is -0.627. The van der Waals surface area contributed by atoms with Crippen LogP contribution in [0.2, 0.25) is 0 Å². The molecule has 0 aliphatic carbocycles. The van der Waals surface area contributed by atoms with E-state index in [0.717, 1.165) is 16.7 Å². The van der Waals surface area contributed by atoms with E-state index in [2.05, 4.69) is 41.3 Å². The van der Waals surface area contributed by atoms with E-state index in [9.17, 15) is 14.4 Å². The molecular formula is C34H37N3O4. The quantitative estimate of drug-likeness (QED) is 0.241. The van der Waals surface area contributed by atoms with Crippen molar-refractivity contribution < 1.29 is 19.1 Å². The Morgan fingerprint density at radius 3 is 1.78 bits per heavy atom. The van der Waals surface area contributed by atoms with E-state index in [1.807, 2.05) is 73.3 Å². The zero-order chi connectivity index (χ0) is 28.8. The van der Waals surface area contributed by atoms with E-state index < -0.39 is 17.0 Å². The third kappa shape index (κ3) is 4.34. The first-order valence-electron chi connectivity index (χ1n) is 14.4. The molecule has 2 amide bonds. The number of likely N-dealkylation sites (tertiary alicyclic amines) is 2. The van der Waals surface area contributed by atoms with Crippen molar-refractivity contribution >= 4 is 17.8 Å². The average Bonchev–Trinajstić information content (AvgIpc) is 3.71. The van der Waals surface area contributed by atoms with E-state index in [1.54, 1.807) is 4.90 Å². The molecule has 3 saturated heterocycles. The van der Waals surface area contributed by atoms with Crippen LogP contribution in [0.4, 0.5) is 0 Å². The first-order valence-corrected chi connectivity index (χ1v) is 14.4. The molecule has 3 aliphatic heterocycles. The summed E-state index contributed by atoms with van der Waals surface area (Å²) in [6.45, 7) is 5.78. The Bertz CT molecular complexity index is 1320. The molecule has 7 heteroatoms. The second-order valence-electron chi connectivity index (χ2n) is 11.9. The van der Waals surface area contributed by atoms with Gasteiger partial charge in [-0.1, -0.05) is 105 Å². The van der Waals surface area contributed by atoms with E-state index >= 15 is 0 Å². The highest BCUT2D eigenvalue weighted by molar-refractivity contribution is 5.94. The molecule has 41 heavy (non-hydrogen) atoms. The van der Waals surface area contributed by atoms with E-state index in [1.165, 1.54) is 7.11 Å². The van der Waals surface area contributed by atoms with Crippen LogP contribution in [0.25, 0.3) is 0 Å². The van der Waals surface area contributed by atoms with Gasteiger partial charge in [0.25, 0.3) is 0 Å². The zero-order valence-electron chi connectivity index (χ0n) is 23.9. The topological polar surface area (TPSA) is 69.9 Å². The number of esters is 1. The number of hydrogen-bond donors (Lipinski definition) is 0. The molecule has 0 radical (unpaired) electrons. The van der Waals surface area contributed by atoms with E-state index in [4.69, 9.17) is 4.74 Å². The van der Waals surface area contributed by atoms with Crippen LogP contribution in [0.15, 0.2) is 91.0 Å². The number of carbonyl (C=O) groups excluding carboxylic acids is 3. The highest BCUT2D eigenvalue weighted by Gasteiger charge is 2.62. The van der Waals surface area contributed by atoms with Crippen LogP contribution in [0.3, 0.4) is 0 Å². The smallest absolute Gasteiger partial charge is 0.328 e. The fourth-order valence-electron chi connectivity index (χ4n) is 7.09. The van der Waals surface area contributed by atoms with Gasteiger partial charge in [0.05, 0.1) is 18.1 Å². The molecule has 3 heterocycles. The van der Waals surface area contributed by atoms with Crippen LogP contribution >= 0.6 is 0 Å². The molecule has 6 rings (SSSR count). The Labute approximate surface area is 241 Å². The van der Waals surface area contributed by atoms with Crippen molar-refractivity contribution in [2.24, 2.45) is 11.3 Å². The van der Waals surface area contributed by atoms with Gasteiger partial charge in [0.15, 0.2) is 0 Å². The van der Waals surface area contributed by atoms with Crippen LogP contribution < -0.4 is 0 Å². The van der Waals surface area contributed by atoms with Crippen LogP contribution in [0.5, 0.6) is 0 Å². The molecule has 2 unspecified atom stereocenters. The minimum absolute atomic E-state index is 0.0366. The van der Waals surface area contributed by atoms with Crippen LogP contribution in [0, 0.1) is 11.3 Å². The molecule has 3 fully saturated rings. The van der Waals surface area contributed by atoms with Gasteiger partial charge >= 0.3 is 5.97 Å². The third-order valence-electron chi connectivity index (χ3n) is 9.16. The number of nitrogens with zero attached hydrogens (tertiary/aromatic N) is 3. The van der Waals surface area contributed by atoms with E-state index in [-0.39, 0.29) is 29.7 Å². The summed E-state index contributed by atoms with van der Waals surface area (Å²) in [7, 11) is 1.36. The summed E-state index contributed by atoms with van der Waals surface area (Å²) in [5.41, 5.74) is 2.09. The lowest BCUT2D eigenvalue weighted by Crippen LogP contribution is -2.63. The number of amides is 2. The first kappa shape index (κ1) is 27.2. The maximum atomic E-state index is 13.9. The molecule has 1 spiro atoms.